The van der Waals surface area contributed by atoms with Gasteiger partial charge in [-0.3, -0.25) is 14.8 Å². The molecule has 22 heavy (non-hydrogen) atoms. The van der Waals surface area contributed by atoms with Crippen LogP contribution in [0.3, 0.4) is 0 Å². The van der Waals surface area contributed by atoms with E-state index in [1.165, 1.54) is 25.0 Å². The molecule has 116 valence electrons. The van der Waals surface area contributed by atoms with Gasteiger partial charge in [-0.05, 0) is 44.7 Å². The average molecular weight is 304 g/mol. The first-order chi connectivity index (χ1) is 10.5. The van der Waals surface area contributed by atoms with Gasteiger partial charge in [0.25, 0.3) is 5.69 Å². The monoisotopic (exact) mass is 304 g/mol. The van der Waals surface area contributed by atoms with Crippen molar-refractivity contribution in [3.8, 4) is 0 Å². The Morgan fingerprint density at radius 3 is 2.82 bits per heavy atom. The van der Waals surface area contributed by atoms with Crippen molar-refractivity contribution in [3.63, 3.8) is 0 Å². The number of nitro benzene ring substituents is 1. The molecule has 2 aromatic rings. The highest BCUT2D eigenvalue weighted by Crippen LogP contribution is 2.40. The average Bonchev–Trinajstić information content (AvgIpc) is 3.24. The predicted octanol–water partition coefficient (Wildman–Crippen LogP) is 3.95. The molecule has 1 heterocycles. The van der Waals surface area contributed by atoms with Crippen molar-refractivity contribution in [1.29, 1.82) is 0 Å². The van der Waals surface area contributed by atoms with E-state index in [1.807, 2.05) is 17.7 Å². The van der Waals surface area contributed by atoms with Crippen molar-refractivity contribution >= 4 is 17.2 Å². The third-order valence-corrected chi connectivity index (χ3v) is 4.03. The minimum atomic E-state index is -0.638. The van der Waals surface area contributed by atoms with E-state index in [9.17, 15) is 14.5 Å². The van der Waals surface area contributed by atoms with E-state index >= 15 is 0 Å². The van der Waals surface area contributed by atoms with E-state index in [0.29, 0.717) is 17.8 Å². The van der Waals surface area contributed by atoms with Crippen molar-refractivity contribution in [1.82, 2.24) is 9.78 Å². The number of aryl methyl sites for hydroxylation is 1. The van der Waals surface area contributed by atoms with Gasteiger partial charge in [0.1, 0.15) is 11.5 Å². The zero-order valence-corrected chi connectivity index (χ0v) is 12.4. The lowest BCUT2D eigenvalue weighted by molar-refractivity contribution is -0.384. The lowest BCUT2D eigenvalue weighted by Gasteiger charge is -2.12. The Labute approximate surface area is 127 Å². The number of rotatable bonds is 5. The van der Waals surface area contributed by atoms with Crippen LogP contribution in [0.25, 0.3) is 0 Å². The molecule has 1 aliphatic carbocycles. The van der Waals surface area contributed by atoms with Crippen molar-refractivity contribution < 1.29 is 9.31 Å². The number of hydrogen-bond donors (Lipinski definition) is 1. The second-order valence-corrected chi connectivity index (χ2v) is 5.74. The van der Waals surface area contributed by atoms with Gasteiger partial charge in [0.05, 0.1) is 17.0 Å². The van der Waals surface area contributed by atoms with Crippen LogP contribution < -0.4 is 5.32 Å². The molecule has 1 aromatic heterocycles. The fraction of sp³-hybridized carbons (Fsp3) is 0.400. The number of hydrogen-bond acceptors (Lipinski definition) is 4. The summed E-state index contributed by atoms with van der Waals surface area (Å²) in [7, 11) is 0. The lowest BCUT2D eigenvalue weighted by atomic mass is 10.2. The molecular formula is C15H17FN4O2. The van der Waals surface area contributed by atoms with Gasteiger partial charge in [0, 0.05) is 11.8 Å². The van der Waals surface area contributed by atoms with Gasteiger partial charge in [0.15, 0.2) is 5.82 Å². The zero-order chi connectivity index (χ0) is 15.9. The summed E-state index contributed by atoms with van der Waals surface area (Å²) in [6.07, 6.45) is 2.43. The fourth-order valence-corrected chi connectivity index (χ4v) is 2.64. The van der Waals surface area contributed by atoms with Crippen molar-refractivity contribution in [2.75, 3.05) is 5.32 Å². The van der Waals surface area contributed by atoms with E-state index in [2.05, 4.69) is 17.3 Å². The van der Waals surface area contributed by atoms with Crippen molar-refractivity contribution in [2.45, 2.75) is 32.7 Å². The highest BCUT2D eigenvalue weighted by Gasteiger charge is 2.30. The summed E-state index contributed by atoms with van der Waals surface area (Å²) in [5.74, 6) is 0.549. The van der Waals surface area contributed by atoms with Crippen LogP contribution in [0.5, 0.6) is 0 Å². The van der Waals surface area contributed by atoms with E-state index in [1.54, 1.807) is 0 Å². The number of nitrogens with zero attached hydrogens (tertiary/aromatic N) is 3. The normalized spacial score (nSPS) is 15.6. The van der Waals surface area contributed by atoms with Crippen LogP contribution in [-0.4, -0.2) is 14.7 Å². The second-order valence-electron chi connectivity index (χ2n) is 5.74. The molecule has 0 unspecified atom stereocenters. The van der Waals surface area contributed by atoms with Crippen LogP contribution in [-0.2, 0) is 0 Å². The van der Waals surface area contributed by atoms with Crippen LogP contribution in [0.1, 0.15) is 31.5 Å². The minimum Gasteiger partial charge on any atom is -0.333 e. The van der Waals surface area contributed by atoms with Crippen molar-refractivity contribution in [2.24, 2.45) is 5.92 Å². The largest absolute Gasteiger partial charge is 0.333 e. The number of anilines is 2. The maximum atomic E-state index is 13.2. The SMILES string of the molecule is Cc1cc(Nc2ccc(F)cc2[N+](=O)[O-])nn1[C@@H](C)C1CC1. The molecule has 6 nitrogen and oxygen atoms in total. The molecule has 0 radical (unpaired) electrons. The standard InChI is InChI=1S/C15H17FN4O2/c1-9-7-15(18-19(9)10(2)11-3-4-11)17-13-6-5-12(16)8-14(13)20(21)22/h5-8,10-11H,3-4H2,1-2H3,(H,17,18)/t10-/m0/s1. The Morgan fingerprint density at radius 1 is 1.45 bits per heavy atom. The Morgan fingerprint density at radius 2 is 2.18 bits per heavy atom. The molecule has 1 aliphatic rings. The van der Waals surface area contributed by atoms with E-state index in [4.69, 9.17) is 0 Å². The molecule has 1 fully saturated rings. The smallest absolute Gasteiger partial charge is 0.295 e. The maximum absolute atomic E-state index is 13.2. The Bertz CT molecular complexity index is 724. The van der Waals surface area contributed by atoms with E-state index in [-0.39, 0.29) is 11.4 Å². The highest BCUT2D eigenvalue weighted by molar-refractivity contribution is 5.67. The molecule has 0 aliphatic heterocycles. The first-order valence-corrected chi connectivity index (χ1v) is 7.23. The quantitative estimate of drug-likeness (QED) is 0.670. The minimum absolute atomic E-state index is 0.232. The molecule has 0 saturated heterocycles. The molecule has 1 saturated carbocycles. The molecule has 0 amide bonds. The third-order valence-electron chi connectivity index (χ3n) is 4.03. The Kier molecular flexibility index (Phi) is 3.56. The summed E-state index contributed by atoms with van der Waals surface area (Å²) in [4.78, 5) is 10.4. The van der Waals surface area contributed by atoms with Crippen LogP contribution in [0.4, 0.5) is 21.6 Å². The predicted molar refractivity (Wildman–Crippen MR) is 80.7 cm³/mol. The van der Waals surface area contributed by atoms with Crippen LogP contribution in [0.2, 0.25) is 0 Å². The Hall–Kier alpha value is -2.44. The second kappa shape index (κ2) is 5.40. The molecule has 7 heteroatoms. The van der Waals surface area contributed by atoms with Gasteiger partial charge >= 0.3 is 0 Å². The highest BCUT2D eigenvalue weighted by atomic mass is 19.1. The number of nitro groups is 1. The maximum Gasteiger partial charge on any atom is 0.295 e. The van der Waals surface area contributed by atoms with E-state index < -0.39 is 10.7 Å². The molecule has 0 spiro atoms. The van der Waals surface area contributed by atoms with Crippen LogP contribution in [0.15, 0.2) is 24.3 Å². The molecule has 1 atom stereocenters. The summed E-state index contributed by atoms with van der Waals surface area (Å²) in [5.41, 5.74) is 0.921. The third kappa shape index (κ3) is 2.79. The summed E-state index contributed by atoms with van der Waals surface area (Å²) >= 11 is 0. The Balaban J connectivity index is 1.87. The number of benzene rings is 1. The van der Waals surface area contributed by atoms with Crippen LogP contribution in [0, 0.1) is 28.8 Å². The topological polar surface area (TPSA) is 73.0 Å². The summed E-state index contributed by atoms with van der Waals surface area (Å²) in [6.45, 7) is 4.08. The summed E-state index contributed by atoms with van der Waals surface area (Å²) in [5, 5.41) is 18.4. The molecule has 1 N–H and O–H groups in total. The zero-order valence-electron chi connectivity index (χ0n) is 12.4. The number of aromatic nitrogens is 2. The van der Waals surface area contributed by atoms with Crippen molar-refractivity contribution in [3.05, 3.63) is 45.9 Å². The van der Waals surface area contributed by atoms with Gasteiger partial charge in [0.2, 0.25) is 0 Å². The lowest BCUT2D eigenvalue weighted by Crippen LogP contribution is -2.10. The first-order valence-electron chi connectivity index (χ1n) is 7.23. The van der Waals surface area contributed by atoms with Gasteiger partial charge in [-0.2, -0.15) is 5.10 Å². The molecule has 0 bridgehead atoms. The molecular weight excluding hydrogens is 287 g/mol. The number of nitrogens with one attached hydrogen (secondary N) is 1. The van der Waals surface area contributed by atoms with Gasteiger partial charge < -0.3 is 5.32 Å². The number of halogens is 1. The van der Waals surface area contributed by atoms with Gasteiger partial charge in [-0.25, -0.2) is 4.39 Å². The van der Waals surface area contributed by atoms with E-state index in [0.717, 1.165) is 11.8 Å². The van der Waals surface area contributed by atoms with Gasteiger partial charge in [-0.15, -0.1) is 0 Å². The van der Waals surface area contributed by atoms with Gasteiger partial charge in [-0.1, -0.05) is 0 Å². The molecule has 3 rings (SSSR count). The summed E-state index contributed by atoms with van der Waals surface area (Å²) in [6, 6.07) is 5.60. The fourth-order valence-electron chi connectivity index (χ4n) is 2.64. The summed E-state index contributed by atoms with van der Waals surface area (Å²) < 4.78 is 15.1. The molecule has 1 aromatic carbocycles. The first kappa shape index (κ1) is 14.5. The van der Waals surface area contributed by atoms with Crippen LogP contribution >= 0.6 is 0 Å².